The Morgan fingerprint density at radius 2 is 1.70 bits per heavy atom. The number of halogens is 1. The zero-order valence-electron chi connectivity index (χ0n) is 15.8. The van der Waals surface area contributed by atoms with Gasteiger partial charge in [0, 0.05) is 28.2 Å². The quantitative estimate of drug-likeness (QED) is 0.564. The summed E-state index contributed by atoms with van der Waals surface area (Å²) in [4.78, 5) is 39.5. The number of hydrogen-bond donors (Lipinski definition) is 2. The van der Waals surface area contributed by atoms with Crippen LogP contribution in [0.3, 0.4) is 0 Å². The molecule has 1 aliphatic rings. The number of rotatable bonds is 5. The van der Waals surface area contributed by atoms with E-state index in [4.69, 9.17) is 11.6 Å². The van der Waals surface area contributed by atoms with Crippen LogP contribution in [-0.2, 0) is 14.4 Å². The lowest BCUT2D eigenvalue weighted by atomic mass is 10.2. The molecule has 4 rings (SSSR count). The van der Waals surface area contributed by atoms with E-state index in [-0.39, 0.29) is 11.6 Å². The monoisotopic (exact) mass is 437 g/mol. The van der Waals surface area contributed by atoms with Gasteiger partial charge in [-0.1, -0.05) is 23.7 Å². The first kappa shape index (κ1) is 19.9. The second kappa shape index (κ2) is 8.14. The highest BCUT2D eigenvalue weighted by atomic mass is 35.5. The molecule has 3 aromatic rings. The molecule has 0 unspecified atom stereocenters. The summed E-state index contributed by atoms with van der Waals surface area (Å²) in [6.45, 7) is 1.43. The van der Waals surface area contributed by atoms with Crippen LogP contribution in [0.2, 0.25) is 5.02 Å². The molecule has 0 fully saturated rings. The number of hydrogen-bond acceptors (Lipinski definition) is 5. The summed E-state index contributed by atoms with van der Waals surface area (Å²) < 4.78 is 0. The van der Waals surface area contributed by atoms with Crippen molar-refractivity contribution in [3.63, 3.8) is 0 Å². The Labute approximate surface area is 181 Å². The summed E-state index contributed by atoms with van der Waals surface area (Å²) in [7, 11) is 0. The zero-order chi connectivity index (χ0) is 21.3. The van der Waals surface area contributed by atoms with E-state index in [0.29, 0.717) is 32.5 Å². The Balaban J connectivity index is 1.71. The van der Waals surface area contributed by atoms with Crippen LogP contribution in [0.5, 0.6) is 0 Å². The molecule has 0 saturated carbocycles. The van der Waals surface area contributed by atoms with E-state index < -0.39 is 11.8 Å². The van der Waals surface area contributed by atoms with Gasteiger partial charge in [0.1, 0.15) is 5.70 Å². The molecular formula is C22H16ClN3O3S. The first-order valence-electron chi connectivity index (χ1n) is 9.01. The number of imide groups is 1. The third-order valence-electron chi connectivity index (χ3n) is 4.39. The smallest absolute Gasteiger partial charge is 0.282 e. The SMILES string of the molecule is CC(=O)Nc1ccc(NC2=C(c3cccs3)C(=O)N(c3cccc(Cl)c3)C2=O)cc1. The maximum Gasteiger partial charge on any atom is 0.282 e. The van der Waals surface area contributed by atoms with Crippen molar-refractivity contribution >= 4 is 63.3 Å². The first-order valence-corrected chi connectivity index (χ1v) is 10.3. The molecule has 150 valence electrons. The molecule has 1 aromatic heterocycles. The molecule has 0 spiro atoms. The Morgan fingerprint density at radius 1 is 0.967 bits per heavy atom. The lowest BCUT2D eigenvalue weighted by Crippen LogP contribution is -2.32. The molecule has 6 nitrogen and oxygen atoms in total. The van der Waals surface area contributed by atoms with Crippen LogP contribution in [0.25, 0.3) is 5.57 Å². The summed E-state index contributed by atoms with van der Waals surface area (Å²) in [5.74, 6) is -1.05. The van der Waals surface area contributed by atoms with E-state index in [1.807, 2.05) is 11.4 Å². The standard InChI is InChI=1S/C22H16ClN3O3S/c1-13(27)24-15-7-9-16(10-8-15)25-20-19(18-6-3-11-30-18)21(28)26(22(20)29)17-5-2-4-14(23)12-17/h2-12,25H,1H3,(H,24,27). The van der Waals surface area contributed by atoms with Crippen LogP contribution in [0.1, 0.15) is 11.8 Å². The maximum atomic E-state index is 13.2. The predicted molar refractivity (Wildman–Crippen MR) is 120 cm³/mol. The van der Waals surface area contributed by atoms with Gasteiger partial charge in [-0.2, -0.15) is 0 Å². The average Bonchev–Trinajstić information content (AvgIpc) is 3.30. The highest BCUT2D eigenvalue weighted by Gasteiger charge is 2.40. The molecule has 30 heavy (non-hydrogen) atoms. The minimum Gasteiger partial charge on any atom is -0.350 e. The van der Waals surface area contributed by atoms with E-state index in [1.54, 1.807) is 54.6 Å². The van der Waals surface area contributed by atoms with Gasteiger partial charge >= 0.3 is 0 Å². The summed E-state index contributed by atoms with van der Waals surface area (Å²) >= 11 is 7.44. The third-order valence-corrected chi connectivity index (χ3v) is 5.51. The minimum atomic E-state index is -0.461. The van der Waals surface area contributed by atoms with Crippen molar-refractivity contribution in [1.29, 1.82) is 0 Å². The second-order valence-electron chi connectivity index (χ2n) is 6.54. The molecule has 8 heteroatoms. The first-order chi connectivity index (χ1) is 14.4. The van der Waals surface area contributed by atoms with Crippen molar-refractivity contribution in [3.05, 3.63) is 81.6 Å². The van der Waals surface area contributed by atoms with Gasteiger partial charge in [-0.3, -0.25) is 14.4 Å². The van der Waals surface area contributed by atoms with Gasteiger partial charge in [0.2, 0.25) is 5.91 Å². The number of anilines is 3. The van der Waals surface area contributed by atoms with Crippen molar-refractivity contribution in [2.24, 2.45) is 0 Å². The summed E-state index contributed by atoms with van der Waals surface area (Å²) in [5, 5.41) is 8.05. The molecule has 1 aliphatic heterocycles. The van der Waals surface area contributed by atoms with Gasteiger partial charge in [-0.15, -0.1) is 11.3 Å². The number of thiophene rings is 1. The second-order valence-corrected chi connectivity index (χ2v) is 7.92. The molecule has 0 saturated heterocycles. The van der Waals surface area contributed by atoms with Crippen molar-refractivity contribution in [1.82, 2.24) is 0 Å². The molecule has 0 aliphatic carbocycles. The van der Waals surface area contributed by atoms with Crippen LogP contribution in [0.15, 0.2) is 71.7 Å². The van der Waals surface area contributed by atoms with E-state index in [0.717, 1.165) is 4.90 Å². The molecule has 2 heterocycles. The van der Waals surface area contributed by atoms with Gasteiger partial charge in [0.05, 0.1) is 11.3 Å². The Bertz CT molecular complexity index is 1170. The van der Waals surface area contributed by atoms with Gasteiger partial charge in [0.25, 0.3) is 11.8 Å². The van der Waals surface area contributed by atoms with E-state index in [1.165, 1.54) is 18.3 Å². The van der Waals surface area contributed by atoms with Gasteiger partial charge in [-0.25, -0.2) is 4.90 Å². The van der Waals surface area contributed by atoms with E-state index in [2.05, 4.69) is 10.6 Å². The summed E-state index contributed by atoms with van der Waals surface area (Å²) in [6.07, 6.45) is 0. The Hall–Kier alpha value is -3.42. The maximum absolute atomic E-state index is 13.2. The van der Waals surface area contributed by atoms with Gasteiger partial charge in [-0.05, 0) is 53.9 Å². The van der Waals surface area contributed by atoms with Crippen molar-refractivity contribution < 1.29 is 14.4 Å². The number of carbonyl (C=O) groups is 3. The number of nitrogens with zero attached hydrogens (tertiary/aromatic N) is 1. The Morgan fingerprint density at radius 3 is 2.33 bits per heavy atom. The summed E-state index contributed by atoms with van der Waals surface area (Å²) in [6, 6.07) is 17.1. The van der Waals surface area contributed by atoms with E-state index >= 15 is 0 Å². The van der Waals surface area contributed by atoms with Crippen LogP contribution < -0.4 is 15.5 Å². The van der Waals surface area contributed by atoms with Gasteiger partial charge < -0.3 is 10.6 Å². The zero-order valence-corrected chi connectivity index (χ0v) is 17.4. The largest absolute Gasteiger partial charge is 0.350 e. The molecular weight excluding hydrogens is 422 g/mol. The highest BCUT2D eigenvalue weighted by molar-refractivity contribution is 7.11. The van der Waals surface area contributed by atoms with Crippen LogP contribution >= 0.6 is 22.9 Å². The lowest BCUT2D eigenvalue weighted by molar-refractivity contribution is -0.120. The fourth-order valence-corrected chi connectivity index (χ4v) is 4.08. The average molecular weight is 438 g/mol. The lowest BCUT2D eigenvalue weighted by Gasteiger charge is -2.15. The number of amides is 3. The molecule has 0 radical (unpaired) electrons. The number of benzene rings is 2. The fourth-order valence-electron chi connectivity index (χ4n) is 3.13. The highest BCUT2D eigenvalue weighted by Crippen LogP contribution is 2.36. The van der Waals surface area contributed by atoms with Crippen molar-refractivity contribution in [2.45, 2.75) is 6.92 Å². The molecule has 0 atom stereocenters. The van der Waals surface area contributed by atoms with E-state index in [9.17, 15) is 14.4 Å². The van der Waals surface area contributed by atoms with Crippen LogP contribution in [0, 0.1) is 0 Å². The third kappa shape index (κ3) is 3.85. The molecule has 2 N–H and O–H groups in total. The van der Waals surface area contributed by atoms with Crippen molar-refractivity contribution in [3.8, 4) is 0 Å². The normalized spacial score (nSPS) is 13.7. The molecule has 2 aromatic carbocycles. The fraction of sp³-hybridized carbons (Fsp3) is 0.0455. The molecule has 0 bridgehead atoms. The van der Waals surface area contributed by atoms with Gasteiger partial charge in [0.15, 0.2) is 0 Å². The predicted octanol–water partition coefficient (Wildman–Crippen LogP) is 4.76. The number of carbonyl (C=O) groups excluding carboxylic acids is 3. The van der Waals surface area contributed by atoms with Crippen LogP contribution in [-0.4, -0.2) is 17.7 Å². The van der Waals surface area contributed by atoms with Crippen LogP contribution in [0.4, 0.5) is 17.1 Å². The minimum absolute atomic E-state index is 0.174. The summed E-state index contributed by atoms with van der Waals surface area (Å²) in [5.41, 5.74) is 2.15. The van der Waals surface area contributed by atoms with Crippen molar-refractivity contribution in [2.75, 3.05) is 15.5 Å². The Kier molecular flexibility index (Phi) is 5.39. The molecule has 3 amide bonds. The number of nitrogens with one attached hydrogen (secondary N) is 2. The topological polar surface area (TPSA) is 78.5 Å².